The summed E-state index contributed by atoms with van der Waals surface area (Å²) in [6, 6.07) is 12.4. The van der Waals surface area contributed by atoms with E-state index >= 15 is 0 Å². The molecule has 0 aliphatic carbocycles. The average Bonchev–Trinajstić information content (AvgIpc) is 2.98. The number of ether oxygens (including phenoxy) is 1. The average molecular weight is 472 g/mol. The minimum Gasteiger partial charge on any atom is -0.462 e. The third kappa shape index (κ3) is 5.15. The molecule has 7 nitrogen and oxygen atoms in total. The summed E-state index contributed by atoms with van der Waals surface area (Å²) < 4.78 is 4.95. The topological polar surface area (TPSA) is 79.0 Å². The van der Waals surface area contributed by atoms with E-state index in [4.69, 9.17) is 28.6 Å². The van der Waals surface area contributed by atoms with Crippen LogP contribution in [0.15, 0.2) is 61.2 Å². The molecule has 2 aromatic carbocycles. The van der Waals surface area contributed by atoms with Crippen molar-refractivity contribution in [3.05, 3.63) is 71.8 Å². The Balaban J connectivity index is 1.73. The van der Waals surface area contributed by atoms with E-state index in [1.54, 1.807) is 66.4 Å². The lowest BCUT2D eigenvalue weighted by molar-refractivity contribution is -0.124. The maximum atomic E-state index is 13.2. The maximum Gasteiger partial charge on any atom is 0.338 e. The van der Waals surface area contributed by atoms with Gasteiger partial charge in [-0.2, -0.15) is 0 Å². The molecule has 1 aliphatic heterocycles. The third-order valence-corrected chi connectivity index (χ3v) is 5.42. The van der Waals surface area contributed by atoms with E-state index < -0.39 is 12.0 Å². The van der Waals surface area contributed by atoms with Gasteiger partial charge in [0.25, 0.3) is 5.91 Å². The van der Waals surface area contributed by atoms with Gasteiger partial charge in [-0.15, -0.1) is 6.58 Å². The van der Waals surface area contributed by atoms with Gasteiger partial charge < -0.3 is 15.0 Å². The molecule has 0 bridgehead atoms. The number of nitrogens with zero attached hydrogens (tertiary/aromatic N) is 2. The molecule has 0 spiro atoms. The molecule has 1 atom stereocenters. The van der Waals surface area contributed by atoms with Gasteiger partial charge in [0.15, 0.2) is 5.11 Å². The lowest BCUT2D eigenvalue weighted by Crippen LogP contribution is -2.37. The lowest BCUT2D eigenvalue weighted by Gasteiger charge is -2.22. The van der Waals surface area contributed by atoms with E-state index in [0.29, 0.717) is 28.5 Å². The lowest BCUT2D eigenvalue weighted by atomic mass is 10.1. The predicted octanol–water partition coefficient (Wildman–Crippen LogP) is 4.03. The Hall–Kier alpha value is -3.23. The van der Waals surface area contributed by atoms with Crippen LogP contribution in [0.1, 0.15) is 23.7 Å². The van der Waals surface area contributed by atoms with Crippen LogP contribution in [0.5, 0.6) is 0 Å². The Morgan fingerprint density at radius 1 is 1.25 bits per heavy atom. The van der Waals surface area contributed by atoms with Crippen molar-refractivity contribution in [1.82, 2.24) is 4.90 Å². The van der Waals surface area contributed by atoms with Gasteiger partial charge in [-0.3, -0.25) is 14.5 Å². The van der Waals surface area contributed by atoms with Crippen molar-refractivity contribution in [2.75, 3.05) is 23.4 Å². The molecule has 1 N–H and O–H groups in total. The first-order valence-corrected chi connectivity index (χ1v) is 10.7. The summed E-state index contributed by atoms with van der Waals surface area (Å²) in [7, 11) is 0. The number of hydrogen-bond acceptors (Lipinski definition) is 5. The highest BCUT2D eigenvalue weighted by atomic mass is 35.5. The fourth-order valence-corrected chi connectivity index (χ4v) is 3.91. The monoisotopic (exact) mass is 471 g/mol. The van der Waals surface area contributed by atoms with Gasteiger partial charge in [-0.05, 0) is 61.6 Å². The van der Waals surface area contributed by atoms with Crippen molar-refractivity contribution in [2.24, 2.45) is 0 Å². The van der Waals surface area contributed by atoms with Gasteiger partial charge >= 0.3 is 5.97 Å². The fourth-order valence-electron chi connectivity index (χ4n) is 3.32. The highest BCUT2D eigenvalue weighted by Crippen LogP contribution is 2.29. The number of carbonyl (C=O) groups excluding carboxylic acids is 3. The molecule has 0 saturated carbocycles. The van der Waals surface area contributed by atoms with Crippen LogP contribution in [0.25, 0.3) is 0 Å². The molecular weight excluding hydrogens is 450 g/mol. The summed E-state index contributed by atoms with van der Waals surface area (Å²) in [5.74, 6) is -1.11. The first kappa shape index (κ1) is 23.4. The number of hydrogen-bond donors (Lipinski definition) is 1. The zero-order valence-electron chi connectivity index (χ0n) is 17.4. The largest absolute Gasteiger partial charge is 0.462 e. The molecule has 0 aromatic heterocycles. The van der Waals surface area contributed by atoms with Gasteiger partial charge in [0.1, 0.15) is 6.04 Å². The number of rotatable bonds is 8. The molecule has 1 fully saturated rings. The maximum absolute atomic E-state index is 13.2. The second kappa shape index (κ2) is 10.4. The predicted molar refractivity (Wildman–Crippen MR) is 128 cm³/mol. The van der Waals surface area contributed by atoms with E-state index in [1.165, 1.54) is 4.90 Å². The summed E-state index contributed by atoms with van der Waals surface area (Å²) >= 11 is 11.6. The van der Waals surface area contributed by atoms with Crippen LogP contribution in [-0.2, 0) is 14.3 Å². The number of carbonyl (C=O) groups is 3. The van der Waals surface area contributed by atoms with Crippen LogP contribution in [-0.4, -0.2) is 47.0 Å². The quantitative estimate of drug-likeness (QED) is 0.355. The summed E-state index contributed by atoms with van der Waals surface area (Å²) in [6.07, 6.45) is 1.52. The summed E-state index contributed by atoms with van der Waals surface area (Å²) in [6.45, 7) is 6.04. The summed E-state index contributed by atoms with van der Waals surface area (Å²) in [4.78, 5) is 40.7. The highest BCUT2D eigenvalue weighted by Gasteiger charge is 2.43. The molecule has 0 unspecified atom stereocenters. The molecule has 0 radical (unpaired) electrons. The Morgan fingerprint density at radius 3 is 2.59 bits per heavy atom. The van der Waals surface area contributed by atoms with E-state index in [0.717, 1.165) is 0 Å². The Bertz CT molecular complexity index is 1060. The number of amides is 2. The molecule has 9 heteroatoms. The first-order chi connectivity index (χ1) is 15.3. The summed E-state index contributed by atoms with van der Waals surface area (Å²) in [5, 5.41) is 3.51. The number of nitrogens with one attached hydrogen (secondary N) is 1. The number of esters is 1. The second-order valence-corrected chi connectivity index (χ2v) is 7.74. The molecule has 32 heavy (non-hydrogen) atoms. The van der Waals surface area contributed by atoms with Gasteiger partial charge in [0.2, 0.25) is 5.91 Å². The molecule has 1 saturated heterocycles. The molecule has 2 amide bonds. The smallest absolute Gasteiger partial charge is 0.338 e. The molecule has 3 rings (SSSR count). The van der Waals surface area contributed by atoms with Gasteiger partial charge in [0, 0.05) is 17.3 Å². The number of anilines is 2. The van der Waals surface area contributed by atoms with E-state index in [1.807, 2.05) is 0 Å². The van der Waals surface area contributed by atoms with E-state index in [9.17, 15) is 14.4 Å². The third-order valence-electron chi connectivity index (χ3n) is 4.77. The van der Waals surface area contributed by atoms with E-state index in [2.05, 4.69) is 11.9 Å². The van der Waals surface area contributed by atoms with Gasteiger partial charge in [0.05, 0.1) is 24.3 Å². The van der Waals surface area contributed by atoms with Crippen LogP contribution in [0.2, 0.25) is 5.02 Å². The highest BCUT2D eigenvalue weighted by molar-refractivity contribution is 7.80. The van der Waals surface area contributed by atoms with Gasteiger partial charge in [-0.25, -0.2) is 4.79 Å². The zero-order chi connectivity index (χ0) is 23.3. The zero-order valence-corrected chi connectivity index (χ0v) is 19.0. The van der Waals surface area contributed by atoms with E-state index in [-0.39, 0.29) is 30.0 Å². The van der Waals surface area contributed by atoms with Crippen LogP contribution in [0.4, 0.5) is 11.4 Å². The Morgan fingerprint density at radius 2 is 1.97 bits per heavy atom. The van der Waals surface area contributed by atoms with Crippen LogP contribution in [0.3, 0.4) is 0 Å². The van der Waals surface area contributed by atoms with Crippen molar-refractivity contribution < 1.29 is 19.1 Å². The van der Waals surface area contributed by atoms with Crippen molar-refractivity contribution in [1.29, 1.82) is 0 Å². The van der Waals surface area contributed by atoms with Crippen molar-refractivity contribution in [3.8, 4) is 0 Å². The standard InChI is InChI=1S/C23H22ClN3O4S/c1-3-12-26-19(21(29)27(23(26)32)18-7-5-6-16(24)13-18)14-20(28)25-17-10-8-15(9-11-17)22(30)31-4-2/h3,5-11,13,19H,1,4,12,14H2,2H3,(H,25,28)/t19-/m0/s1. The first-order valence-electron chi connectivity index (χ1n) is 9.93. The summed E-state index contributed by atoms with van der Waals surface area (Å²) in [5.41, 5.74) is 1.42. The Kier molecular flexibility index (Phi) is 7.61. The molecule has 1 heterocycles. The number of benzene rings is 2. The minimum absolute atomic E-state index is 0.108. The molecule has 1 aliphatic rings. The van der Waals surface area contributed by atoms with Crippen molar-refractivity contribution in [3.63, 3.8) is 0 Å². The normalized spacial score (nSPS) is 15.6. The van der Waals surface area contributed by atoms with Crippen molar-refractivity contribution in [2.45, 2.75) is 19.4 Å². The Labute approximate surface area is 196 Å². The fraction of sp³-hybridized carbons (Fsp3) is 0.217. The van der Waals surface area contributed by atoms with Gasteiger partial charge in [-0.1, -0.05) is 23.7 Å². The minimum atomic E-state index is -0.779. The molecular formula is C23H22ClN3O4S. The molecule has 2 aromatic rings. The second-order valence-electron chi connectivity index (χ2n) is 6.94. The number of halogens is 1. The van der Waals surface area contributed by atoms with Crippen LogP contribution < -0.4 is 10.2 Å². The number of thiocarbonyl (C=S) groups is 1. The van der Waals surface area contributed by atoms with Crippen molar-refractivity contribution >= 4 is 58.1 Å². The molecule has 166 valence electrons. The SMILES string of the molecule is C=CCN1C(=S)N(c2cccc(Cl)c2)C(=O)[C@@H]1CC(=O)Nc1ccc(C(=O)OCC)cc1. The van der Waals surface area contributed by atoms with Crippen LogP contribution in [0, 0.1) is 0 Å². The van der Waals surface area contributed by atoms with Crippen LogP contribution >= 0.6 is 23.8 Å².